The van der Waals surface area contributed by atoms with E-state index in [1.807, 2.05) is 64.2 Å². The molecule has 0 radical (unpaired) electrons. The quantitative estimate of drug-likeness (QED) is 0.731. The zero-order valence-electron chi connectivity index (χ0n) is 15.7. The van der Waals surface area contributed by atoms with E-state index in [0.717, 1.165) is 34.3 Å². The molecule has 2 heterocycles. The SMILES string of the molecule is CCOc1ccc2[nH]c(C(=O)N(C)C(C)Cc3ccccn3)c(C)c2c1. The highest BCUT2D eigenvalue weighted by atomic mass is 16.5. The number of carbonyl (C=O) groups excluding carboxylic acids is 1. The highest BCUT2D eigenvalue weighted by Gasteiger charge is 2.22. The number of nitrogens with zero attached hydrogens (tertiary/aromatic N) is 2. The van der Waals surface area contributed by atoms with Gasteiger partial charge in [-0.25, -0.2) is 0 Å². The molecule has 0 fully saturated rings. The number of hydrogen-bond donors (Lipinski definition) is 1. The molecule has 26 heavy (non-hydrogen) atoms. The van der Waals surface area contributed by atoms with Crippen LogP contribution < -0.4 is 4.74 Å². The van der Waals surface area contributed by atoms with Gasteiger partial charge >= 0.3 is 0 Å². The number of carbonyl (C=O) groups is 1. The molecule has 0 spiro atoms. The minimum Gasteiger partial charge on any atom is -0.494 e. The summed E-state index contributed by atoms with van der Waals surface area (Å²) in [6.07, 6.45) is 2.50. The van der Waals surface area contributed by atoms with E-state index in [9.17, 15) is 4.79 Å². The van der Waals surface area contributed by atoms with Crippen molar-refractivity contribution in [1.82, 2.24) is 14.9 Å². The molecule has 1 N–H and O–H groups in total. The normalized spacial score (nSPS) is 12.2. The molecule has 2 aromatic heterocycles. The molecular weight excluding hydrogens is 326 g/mol. The van der Waals surface area contributed by atoms with E-state index in [1.54, 1.807) is 11.1 Å². The fourth-order valence-electron chi connectivity index (χ4n) is 3.11. The Morgan fingerprint density at radius 1 is 1.31 bits per heavy atom. The van der Waals surface area contributed by atoms with Gasteiger partial charge in [0, 0.05) is 42.3 Å². The Hall–Kier alpha value is -2.82. The van der Waals surface area contributed by atoms with Gasteiger partial charge in [-0.15, -0.1) is 0 Å². The van der Waals surface area contributed by atoms with Crippen LogP contribution >= 0.6 is 0 Å². The maximum absolute atomic E-state index is 13.0. The first-order chi connectivity index (χ1) is 12.5. The Kier molecular flexibility index (Phi) is 5.26. The van der Waals surface area contributed by atoms with Crippen molar-refractivity contribution in [2.24, 2.45) is 0 Å². The first-order valence-corrected chi connectivity index (χ1v) is 8.93. The second-order valence-electron chi connectivity index (χ2n) is 6.56. The van der Waals surface area contributed by atoms with Crippen LogP contribution in [0.15, 0.2) is 42.6 Å². The predicted molar refractivity (Wildman–Crippen MR) is 104 cm³/mol. The highest BCUT2D eigenvalue weighted by Crippen LogP contribution is 2.27. The summed E-state index contributed by atoms with van der Waals surface area (Å²) in [5.41, 5.74) is 3.50. The summed E-state index contributed by atoms with van der Waals surface area (Å²) in [7, 11) is 1.84. The highest BCUT2D eigenvalue weighted by molar-refractivity contribution is 6.01. The van der Waals surface area contributed by atoms with Crippen molar-refractivity contribution in [3.05, 3.63) is 59.5 Å². The van der Waals surface area contributed by atoms with Gasteiger partial charge in [-0.05, 0) is 56.7 Å². The third kappa shape index (κ3) is 3.57. The number of H-pyrrole nitrogens is 1. The summed E-state index contributed by atoms with van der Waals surface area (Å²) in [6.45, 7) is 6.59. The molecule has 0 saturated carbocycles. The van der Waals surface area contributed by atoms with Crippen LogP contribution in [0.5, 0.6) is 5.75 Å². The number of aryl methyl sites for hydroxylation is 1. The summed E-state index contributed by atoms with van der Waals surface area (Å²) in [5.74, 6) is 0.804. The van der Waals surface area contributed by atoms with Crippen molar-refractivity contribution in [2.75, 3.05) is 13.7 Å². The summed E-state index contributed by atoms with van der Waals surface area (Å²) in [4.78, 5) is 22.4. The van der Waals surface area contributed by atoms with E-state index < -0.39 is 0 Å². The van der Waals surface area contributed by atoms with Crippen molar-refractivity contribution in [3.63, 3.8) is 0 Å². The van der Waals surface area contributed by atoms with Crippen LogP contribution in [0.3, 0.4) is 0 Å². The van der Waals surface area contributed by atoms with Gasteiger partial charge in [-0.3, -0.25) is 9.78 Å². The van der Waals surface area contributed by atoms with Gasteiger partial charge in [0.15, 0.2) is 0 Å². The maximum Gasteiger partial charge on any atom is 0.270 e. The van der Waals surface area contributed by atoms with Crippen molar-refractivity contribution in [2.45, 2.75) is 33.2 Å². The molecule has 1 aromatic carbocycles. The maximum atomic E-state index is 13.0. The number of hydrogen-bond acceptors (Lipinski definition) is 3. The fraction of sp³-hybridized carbons (Fsp3) is 0.333. The number of aromatic amines is 1. The molecule has 0 saturated heterocycles. The third-order valence-electron chi connectivity index (χ3n) is 4.77. The fourth-order valence-corrected chi connectivity index (χ4v) is 3.11. The number of nitrogens with one attached hydrogen (secondary N) is 1. The van der Waals surface area contributed by atoms with Crippen LogP contribution in [-0.4, -0.2) is 40.5 Å². The molecule has 1 unspecified atom stereocenters. The Bertz CT molecular complexity index is 902. The van der Waals surface area contributed by atoms with Gasteiger partial charge in [-0.1, -0.05) is 6.07 Å². The molecule has 5 nitrogen and oxygen atoms in total. The van der Waals surface area contributed by atoms with Gasteiger partial charge in [0.05, 0.1) is 6.61 Å². The number of benzene rings is 1. The second-order valence-corrected chi connectivity index (χ2v) is 6.56. The largest absolute Gasteiger partial charge is 0.494 e. The van der Waals surface area contributed by atoms with Crippen molar-refractivity contribution < 1.29 is 9.53 Å². The Morgan fingerprint density at radius 2 is 2.12 bits per heavy atom. The third-order valence-corrected chi connectivity index (χ3v) is 4.77. The standard InChI is InChI=1S/C21H25N3O2/c1-5-26-17-9-10-19-18(13-17)15(3)20(23-19)21(25)24(4)14(2)12-16-8-6-7-11-22-16/h6-11,13-14,23H,5,12H2,1-4H3. The Labute approximate surface area is 154 Å². The number of rotatable bonds is 6. The van der Waals surface area contributed by atoms with E-state index in [-0.39, 0.29) is 11.9 Å². The topological polar surface area (TPSA) is 58.2 Å². The molecule has 0 aliphatic rings. The van der Waals surface area contributed by atoms with E-state index in [2.05, 4.69) is 9.97 Å². The second kappa shape index (κ2) is 7.60. The summed E-state index contributed by atoms with van der Waals surface area (Å²) >= 11 is 0. The molecule has 1 amide bonds. The van der Waals surface area contributed by atoms with Crippen LogP contribution in [0.4, 0.5) is 0 Å². The number of amides is 1. The molecule has 3 rings (SSSR count). The predicted octanol–water partition coefficient (Wildman–Crippen LogP) is 3.97. The molecular formula is C21H25N3O2. The van der Waals surface area contributed by atoms with Crippen LogP contribution in [0, 0.1) is 6.92 Å². The average Bonchev–Trinajstić information content (AvgIpc) is 2.98. The zero-order chi connectivity index (χ0) is 18.7. The van der Waals surface area contributed by atoms with Crippen molar-refractivity contribution in [3.8, 4) is 5.75 Å². The van der Waals surface area contributed by atoms with Crippen LogP contribution in [0.25, 0.3) is 10.9 Å². The Morgan fingerprint density at radius 3 is 2.81 bits per heavy atom. The number of ether oxygens (including phenoxy) is 1. The molecule has 5 heteroatoms. The molecule has 3 aromatic rings. The lowest BCUT2D eigenvalue weighted by Crippen LogP contribution is -2.37. The lowest BCUT2D eigenvalue weighted by molar-refractivity contribution is 0.0737. The van der Waals surface area contributed by atoms with Crippen molar-refractivity contribution in [1.29, 1.82) is 0 Å². The minimum absolute atomic E-state index is 0.0138. The Balaban J connectivity index is 1.83. The van der Waals surface area contributed by atoms with Gasteiger partial charge < -0.3 is 14.6 Å². The lowest BCUT2D eigenvalue weighted by atomic mass is 10.1. The van der Waals surface area contributed by atoms with Crippen LogP contribution in [0.2, 0.25) is 0 Å². The summed E-state index contributed by atoms with van der Waals surface area (Å²) < 4.78 is 5.57. The monoisotopic (exact) mass is 351 g/mol. The first-order valence-electron chi connectivity index (χ1n) is 8.93. The number of aromatic nitrogens is 2. The number of pyridine rings is 1. The first kappa shape index (κ1) is 18.0. The van der Waals surface area contributed by atoms with Crippen LogP contribution in [0.1, 0.15) is 35.6 Å². The smallest absolute Gasteiger partial charge is 0.270 e. The average molecular weight is 351 g/mol. The van der Waals surface area contributed by atoms with Gasteiger partial charge in [0.25, 0.3) is 5.91 Å². The molecule has 0 aliphatic heterocycles. The molecule has 0 aliphatic carbocycles. The van der Waals surface area contributed by atoms with E-state index >= 15 is 0 Å². The van der Waals surface area contributed by atoms with Crippen LogP contribution in [-0.2, 0) is 6.42 Å². The molecule has 0 bridgehead atoms. The van der Waals surface area contributed by atoms with E-state index in [0.29, 0.717) is 12.3 Å². The molecule has 1 atom stereocenters. The zero-order valence-corrected chi connectivity index (χ0v) is 15.7. The van der Waals surface area contributed by atoms with E-state index in [4.69, 9.17) is 4.74 Å². The molecule has 136 valence electrons. The number of fused-ring (bicyclic) bond motifs is 1. The van der Waals surface area contributed by atoms with Gasteiger partial charge in [0.1, 0.15) is 11.4 Å². The van der Waals surface area contributed by atoms with Gasteiger partial charge in [-0.2, -0.15) is 0 Å². The summed E-state index contributed by atoms with van der Waals surface area (Å²) in [5, 5.41) is 1.02. The lowest BCUT2D eigenvalue weighted by Gasteiger charge is -2.24. The van der Waals surface area contributed by atoms with Gasteiger partial charge in [0.2, 0.25) is 0 Å². The van der Waals surface area contributed by atoms with Crippen molar-refractivity contribution >= 4 is 16.8 Å². The summed E-state index contributed by atoms with van der Waals surface area (Å²) in [6, 6.07) is 11.8. The van der Waals surface area contributed by atoms with E-state index in [1.165, 1.54) is 0 Å². The number of likely N-dealkylation sites (N-methyl/N-ethyl adjacent to an activating group) is 1. The minimum atomic E-state index is -0.0138.